The highest BCUT2D eigenvalue weighted by molar-refractivity contribution is 6.36. The molecule has 0 aliphatic carbocycles. The highest BCUT2D eigenvalue weighted by atomic mass is 35.5. The van der Waals surface area contributed by atoms with Crippen LogP contribution in [0.15, 0.2) is 64.4 Å². The Morgan fingerprint density at radius 3 is 2.52 bits per heavy atom. The third kappa shape index (κ3) is 3.95. The molecule has 2 heterocycles. The zero-order valence-corrected chi connectivity index (χ0v) is 19.6. The Hall–Kier alpha value is -3.06. The third-order valence-corrected chi connectivity index (χ3v) is 6.66. The van der Waals surface area contributed by atoms with E-state index >= 15 is 0 Å². The molecule has 1 aliphatic rings. The number of aryl methyl sites for hydroxylation is 1. The van der Waals surface area contributed by atoms with E-state index in [1.165, 1.54) is 4.57 Å². The van der Waals surface area contributed by atoms with E-state index in [9.17, 15) is 9.59 Å². The van der Waals surface area contributed by atoms with Crippen molar-refractivity contribution in [1.29, 1.82) is 0 Å². The average molecular weight is 500 g/mol. The summed E-state index contributed by atoms with van der Waals surface area (Å²) in [6.07, 6.45) is 0.223. The van der Waals surface area contributed by atoms with Gasteiger partial charge in [0.15, 0.2) is 0 Å². The lowest BCUT2D eigenvalue weighted by Gasteiger charge is -2.13. The van der Waals surface area contributed by atoms with Gasteiger partial charge in [-0.2, -0.15) is 0 Å². The Labute approximate surface area is 203 Å². The first kappa shape index (κ1) is 21.8. The maximum Gasteiger partial charge on any atom is 0.326 e. The molecule has 9 heteroatoms. The fraction of sp³-hybridized carbons (Fsp3) is 0.125. The number of carbonyl (C=O) groups is 1. The molecule has 0 saturated carbocycles. The van der Waals surface area contributed by atoms with Crippen LogP contribution in [0.25, 0.3) is 11.0 Å². The van der Waals surface area contributed by atoms with Gasteiger partial charge in [0.2, 0.25) is 5.91 Å². The van der Waals surface area contributed by atoms with E-state index in [2.05, 4.69) is 10.3 Å². The molecule has 166 valence electrons. The predicted octanol–water partition coefficient (Wildman–Crippen LogP) is 5.23. The number of halogens is 3. The number of fused-ring (bicyclic) bond motifs is 2. The highest BCUT2D eigenvalue weighted by Crippen LogP contribution is 2.31. The molecular formula is C24H17Cl3N4O2. The van der Waals surface area contributed by atoms with E-state index in [0.29, 0.717) is 43.1 Å². The van der Waals surface area contributed by atoms with Gasteiger partial charge in [-0.3, -0.25) is 14.4 Å². The summed E-state index contributed by atoms with van der Waals surface area (Å²) < 4.78 is 1.53. The zero-order chi connectivity index (χ0) is 23.3. The fourth-order valence-corrected chi connectivity index (χ4v) is 4.70. The van der Waals surface area contributed by atoms with Gasteiger partial charge in [0, 0.05) is 39.7 Å². The second-order valence-corrected chi connectivity index (χ2v) is 9.05. The number of benzene rings is 3. The third-order valence-electron chi connectivity index (χ3n) is 5.72. The topological polar surface area (TPSA) is 79.2 Å². The first-order valence-electron chi connectivity index (χ1n) is 10.1. The molecule has 0 radical (unpaired) electrons. The lowest BCUT2D eigenvalue weighted by atomic mass is 9.99. The molecule has 0 saturated heterocycles. The predicted molar refractivity (Wildman–Crippen MR) is 133 cm³/mol. The Morgan fingerprint density at radius 1 is 1.00 bits per heavy atom. The molecule has 1 amide bonds. The van der Waals surface area contributed by atoms with E-state index in [1.54, 1.807) is 43.4 Å². The number of imidazole rings is 1. The van der Waals surface area contributed by atoms with Gasteiger partial charge >= 0.3 is 5.69 Å². The number of amides is 1. The van der Waals surface area contributed by atoms with E-state index in [4.69, 9.17) is 39.8 Å². The van der Waals surface area contributed by atoms with Crippen LogP contribution >= 0.6 is 34.8 Å². The van der Waals surface area contributed by atoms with Crippen molar-refractivity contribution in [2.75, 3.05) is 5.32 Å². The summed E-state index contributed by atoms with van der Waals surface area (Å²) in [4.78, 5) is 32.9. The molecule has 1 aromatic heterocycles. The summed E-state index contributed by atoms with van der Waals surface area (Å²) in [5, 5.41) is 4.41. The second kappa shape index (κ2) is 8.37. The van der Waals surface area contributed by atoms with Crippen molar-refractivity contribution in [2.24, 2.45) is 12.0 Å². The number of anilines is 1. The van der Waals surface area contributed by atoms with Crippen molar-refractivity contribution in [1.82, 2.24) is 9.55 Å². The second-order valence-electron chi connectivity index (χ2n) is 7.80. The van der Waals surface area contributed by atoms with E-state index in [1.807, 2.05) is 18.2 Å². The van der Waals surface area contributed by atoms with Crippen molar-refractivity contribution in [3.63, 3.8) is 0 Å². The molecule has 3 aromatic carbocycles. The summed E-state index contributed by atoms with van der Waals surface area (Å²) in [6, 6.07) is 15.2. The fourth-order valence-electron chi connectivity index (χ4n) is 3.98. The Kier molecular flexibility index (Phi) is 5.52. The molecule has 5 rings (SSSR count). The Bertz CT molecular complexity index is 1500. The lowest BCUT2D eigenvalue weighted by Crippen LogP contribution is -2.27. The summed E-state index contributed by atoms with van der Waals surface area (Å²) in [7, 11) is 1.69. The van der Waals surface area contributed by atoms with Crippen LogP contribution in [-0.2, 0) is 18.3 Å². The minimum atomic E-state index is -0.783. The number of aliphatic imine (C=N–C) groups is 1. The van der Waals surface area contributed by atoms with Gasteiger partial charge < -0.3 is 10.3 Å². The smallest absolute Gasteiger partial charge is 0.324 e. The molecule has 4 aromatic rings. The van der Waals surface area contributed by atoms with Crippen molar-refractivity contribution in [3.05, 3.63) is 96.8 Å². The zero-order valence-electron chi connectivity index (χ0n) is 17.3. The quantitative estimate of drug-likeness (QED) is 0.405. The average Bonchev–Trinajstić information content (AvgIpc) is 2.99. The molecule has 0 fully saturated rings. The molecule has 0 spiro atoms. The number of nitrogens with zero attached hydrogens (tertiary/aromatic N) is 2. The summed E-state index contributed by atoms with van der Waals surface area (Å²) in [5.41, 5.74) is 4.47. The number of nitrogens with one attached hydrogen (secondary N) is 2. The number of hydrogen-bond acceptors (Lipinski definition) is 3. The summed E-state index contributed by atoms with van der Waals surface area (Å²) in [5.74, 6) is -0.278. The number of aromatic nitrogens is 2. The van der Waals surface area contributed by atoms with Crippen LogP contribution in [0.3, 0.4) is 0 Å². The van der Waals surface area contributed by atoms with Crippen LogP contribution < -0.4 is 11.0 Å². The van der Waals surface area contributed by atoms with Crippen LogP contribution in [0.1, 0.15) is 16.7 Å². The highest BCUT2D eigenvalue weighted by Gasteiger charge is 2.28. The normalized spacial score (nSPS) is 15.7. The molecule has 2 N–H and O–H groups in total. The van der Waals surface area contributed by atoms with E-state index in [-0.39, 0.29) is 18.0 Å². The molecule has 1 atom stereocenters. The van der Waals surface area contributed by atoms with Crippen LogP contribution in [0.2, 0.25) is 15.1 Å². The van der Waals surface area contributed by atoms with Crippen molar-refractivity contribution < 1.29 is 4.79 Å². The molecule has 1 unspecified atom stereocenters. The number of rotatable bonds is 3. The van der Waals surface area contributed by atoms with Gasteiger partial charge in [-0.1, -0.05) is 46.9 Å². The lowest BCUT2D eigenvalue weighted by molar-refractivity contribution is -0.117. The standard InChI is InChI=1S/C24H17Cl3N4O2/c1-31-21-9-12(5-7-19(21)30-24(31)33)22-15-10-13(25)6-8-18(15)29-23(32)20(28-22)11-14-16(26)3-2-4-17(14)27/h2-10,20H,11H2,1H3,(H,29,32)(H,30,33). The Morgan fingerprint density at radius 2 is 1.76 bits per heavy atom. The number of hydrogen-bond donors (Lipinski definition) is 2. The largest absolute Gasteiger partial charge is 0.326 e. The number of carbonyl (C=O) groups excluding carboxylic acids is 1. The van der Waals surface area contributed by atoms with Crippen molar-refractivity contribution >= 4 is 63.1 Å². The first-order valence-corrected chi connectivity index (χ1v) is 11.3. The van der Waals surface area contributed by atoms with Gasteiger partial charge in [-0.25, -0.2) is 4.79 Å². The van der Waals surface area contributed by atoms with Crippen LogP contribution in [0.4, 0.5) is 5.69 Å². The number of H-pyrrole nitrogens is 1. The molecule has 33 heavy (non-hydrogen) atoms. The maximum atomic E-state index is 13.1. The van der Waals surface area contributed by atoms with E-state index in [0.717, 1.165) is 11.1 Å². The van der Waals surface area contributed by atoms with Gasteiger partial charge in [-0.15, -0.1) is 0 Å². The number of aromatic amines is 1. The number of benzodiazepines with no additional fused rings is 1. The van der Waals surface area contributed by atoms with Crippen molar-refractivity contribution in [2.45, 2.75) is 12.5 Å². The van der Waals surface area contributed by atoms with Gasteiger partial charge in [0.25, 0.3) is 0 Å². The van der Waals surface area contributed by atoms with Crippen LogP contribution in [0, 0.1) is 0 Å². The monoisotopic (exact) mass is 498 g/mol. The van der Waals surface area contributed by atoms with Gasteiger partial charge in [-0.05, 0) is 48.0 Å². The molecule has 1 aliphatic heterocycles. The summed E-state index contributed by atoms with van der Waals surface area (Å²) >= 11 is 19.0. The van der Waals surface area contributed by atoms with Gasteiger partial charge in [0.05, 0.1) is 22.4 Å². The minimum absolute atomic E-state index is 0.212. The summed E-state index contributed by atoms with van der Waals surface area (Å²) in [6.45, 7) is 0. The Balaban J connectivity index is 1.70. The maximum absolute atomic E-state index is 13.1. The first-order chi connectivity index (χ1) is 15.8. The SMILES string of the molecule is Cn1c(=O)[nH]c2ccc(C3=NC(Cc4c(Cl)cccc4Cl)C(=O)Nc4ccc(Cl)cc43)cc21. The van der Waals surface area contributed by atoms with Crippen molar-refractivity contribution in [3.8, 4) is 0 Å². The van der Waals surface area contributed by atoms with Crippen LogP contribution in [-0.4, -0.2) is 27.2 Å². The molecule has 6 nitrogen and oxygen atoms in total. The minimum Gasteiger partial charge on any atom is -0.324 e. The molecule has 0 bridgehead atoms. The van der Waals surface area contributed by atoms with E-state index < -0.39 is 6.04 Å². The van der Waals surface area contributed by atoms with Crippen LogP contribution in [0.5, 0.6) is 0 Å². The van der Waals surface area contributed by atoms with Gasteiger partial charge in [0.1, 0.15) is 6.04 Å². The molecular weight excluding hydrogens is 483 g/mol.